The number of pyridine rings is 1. The van der Waals surface area contributed by atoms with Gasteiger partial charge in [-0.1, -0.05) is 6.07 Å². The van der Waals surface area contributed by atoms with Crippen LogP contribution >= 0.6 is 0 Å². The predicted molar refractivity (Wildman–Crippen MR) is 71.6 cm³/mol. The fraction of sp³-hybridized carbons (Fsp3) is 0.571. The highest BCUT2D eigenvalue weighted by Crippen LogP contribution is 2.48. The largest absolute Gasteiger partial charge is 0.396 e. The van der Waals surface area contributed by atoms with E-state index in [1.165, 1.54) is 6.42 Å². The number of fused-ring (bicyclic) bond motifs is 2. The Kier molecular flexibility index (Phi) is 3.38. The average molecular weight is 261 g/mol. The van der Waals surface area contributed by atoms with E-state index in [-0.39, 0.29) is 24.6 Å². The lowest BCUT2D eigenvalue weighted by Gasteiger charge is -2.30. The van der Waals surface area contributed by atoms with Crippen molar-refractivity contribution in [2.75, 3.05) is 11.9 Å². The van der Waals surface area contributed by atoms with Crippen LogP contribution in [0.4, 0.5) is 10.6 Å². The third kappa shape index (κ3) is 2.42. The molecule has 5 heteroatoms. The van der Waals surface area contributed by atoms with E-state index in [0.717, 1.165) is 12.8 Å². The van der Waals surface area contributed by atoms with Crippen LogP contribution < -0.4 is 10.6 Å². The van der Waals surface area contributed by atoms with Crippen molar-refractivity contribution in [1.29, 1.82) is 0 Å². The summed E-state index contributed by atoms with van der Waals surface area (Å²) in [5, 5.41) is 15.2. The van der Waals surface area contributed by atoms with Crippen LogP contribution in [0, 0.1) is 17.8 Å². The molecule has 2 amide bonds. The fourth-order valence-corrected chi connectivity index (χ4v) is 3.64. The molecule has 2 aliphatic rings. The molecule has 5 nitrogen and oxygen atoms in total. The summed E-state index contributed by atoms with van der Waals surface area (Å²) in [6, 6.07) is 5.27. The van der Waals surface area contributed by atoms with Crippen LogP contribution in [-0.4, -0.2) is 28.8 Å². The molecule has 0 unspecified atom stereocenters. The average Bonchev–Trinajstić information content (AvgIpc) is 3.00. The van der Waals surface area contributed by atoms with Crippen molar-refractivity contribution in [3.63, 3.8) is 0 Å². The first-order valence-corrected chi connectivity index (χ1v) is 6.87. The van der Waals surface area contributed by atoms with Crippen molar-refractivity contribution >= 4 is 11.8 Å². The summed E-state index contributed by atoms with van der Waals surface area (Å²) in [5.74, 6) is 1.86. The maximum absolute atomic E-state index is 12.0. The Hall–Kier alpha value is -1.62. The second-order valence-corrected chi connectivity index (χ2v) is 5.52. The number of carbonyl (C=O) groups excluding carboxylic acids is 1. The summed E-state index contributed by atoms with van der Waals surface area (Å²) < 4.78 is 0. The molecule has 0 radical (unpaired) electrons. The lowest BCUT2D eigenvalue weighted by atomic mass is 9.85. The lowest BCUT2D eigenvalue weighted by Crippen LogP contribution is -2.46. The van der Waals surface area contributed by atoms with E-state index in [1.54, 1.807) is 18.3 Å². The highest BCUT2D eigenvalue weighted by atomic mass is 16.3. The summed E-state index contributed by atoms with van der Waals surface area (Å²) in [5.41, 5.74) is 0. The Balaban J connectivity index is 1.60. The lowest BCUT2D eigenvalue weighted by molar-refractivity contribution is 0.146. The zero-order chi connectivity index (χ0) is 13.2. The van der Waals surface area contributed by atoms with Gasteiger partial charge < -0.3 is 10.4 Å². The maximum Gasteiger partial charge on any atom is 0.320 e. The Morgan fingerprint density at radius 3 is 2.95 bits per heavy atom. The van der Waals surface area contributed by atoms with E-state index in [4.69, 9.17) is 0 Å². The van der Waals surface area contributed by atoms with Gasteiger partial charge in [0.15, 0.2) is 0 Å². The number of amides is 2. The number of aromatic nitrogens is 1. The van der Waals surface area contributed by atoms with Gasteiger partial charge in [-0.05, 0) is 43.2 Å². The normalized spacial score (nSPS) is 32.3. The van der Waals surface area contributed by atoms with Gasteiger partial charge in [0.2, 0.25) is 0 Å². The Morgan fingerprint density at radius 2 is 2.21 bits per heavy atom. The zero-order valence-electron chi connectivity index (χ0n) is 10.7. The minimum atomic E-state index is -0.227. The molecule has 1 aromatic rings. The summed E-state index contributed by atoms with van der Waals surface area (Å²) in [6.07, 6.45) is 5.13. The monoisotopic (exact) mass is 261 g/mol. The molecule has 0 spiro atoms. The van der Waals surface area contributed by atoms with Crippen molar-refractivity contribution < 1.29 is 9.90 Å². The van der Waals surface area contributed by atoms with Crippen molar-refractivity contribution in [2.45, 2.75) is 25.3 Å². The van der Waals surface area contributed by atoms with E-state index in [9.17, 15) is 9.90 Å². The topological polar surface area (TPSA) is 74.2 Å². The number of aliphatic hydroxyl groups is 1. The molecule has 1 heterocycles. The molecular weight excluding hydrogens is 242 g/mol. The molecule has 0 aromatic carbocycles. The zero-order valence-corrected chi connectivity index (χ0v) is 10.7. The molecule has 102 valence electrons. The van der Waals surface area contributed by atoms with E-state index >= 15 is 0 Å². The SMILES string of the molecule is O=C(Nc1ccccn1)N[C@H]1[C@H]2CC[C@@H](C2)[C@H]1CO. The van der Waals surface area contributed by atoms with E-state index in [2.05, 4.69) is 15.6 Å². The summed E-state index contributed by atoms with van der Waals surface area (Å²) in [6.45, 7) is 0.162. The van der Waals surface area contributed by atoms with Gasteiger partial charge in [-0.25, -0.2) is 9.78 Å². The van der Waals surface area contributed by atoms with Crippen LogP contribution in [0.25, 0.3) is 0 Å². The molecule has 0 aliphatic heterocycles. The number of carbonyl (C=O) groups is 1. The number of hydrogen-bond acceptors (Lipinski definition) is 3. The maximum atomic E-state index is 12.0. The second kappa shape index (κ2) is 5.17. The van der Waals surface area contributed by atoms with Crippen molar-refractivity contribution in [1.82, 2.24) is 10.3 Å². The molecule has 19 heavy (non-hydrogen) atoms. The first-order valence-electron chi connectivity index (χ1n) is 6.87. The second-order valence-electron chi connectivity index (χ2n) is 5.52. The van der Waals surface area contributed by atoms with Gasteiger partial charge in [0.1, 0.15) is 5.82 Å². The number of hydrogen-bond donors (Lipinski definition) is 3. The van der Waals surface area contributed by atoms with Gasteiger partial charge in [-0.2, -0.15) is 0 Å². The summed E-state index contributed by atoms with van der Waals surface area (Å²) >= 11 is 0. The molecule has 3 N–H and O–H groups in total. The molecular formula is C14H19N3O2. The summed E-state index contributed by atoms with van der Waals surface area (Å²) in [4.78, 5) is 16.0. The van der Waals surface area contributed by atoms with E-state index in [1.807, 2.05) is 6.07 Å². The highest BCUT2D eigenvalue weighted by molar-refractivity contribution is 5.88. The Labute approximate surface area is 112 Å². The van der Waals surface area contributed by atoms with Crippen molar-refractivity contribution in [2.24, 2.45) is 17.8 Å². The number of nitrogens with one attached hydrogen (secondary N) is 2. The Bertz CT molecular complexity index is 451. The van der Waals surface area contributed by atoms with Crippen LogP contribution in [0.3, 0.4) is 0 Å². The van der Waals surface area contributed by atoms with Crippen molar-refractivity contribution in [3.05, 3.63) is 24.4 Å². The third-order valence-corrected chi connectivity index (χ3v) is 4.50. The van der Waals surface area contributed by atoms with Crippen LogP contribution in [0.5, 0.6) is 0 Å². The number of aliphatic hydroxyl groups excluding tert-OH is 1. The minimum Gasteiger partial charge on any atom is -0.396 e. The molecule has 3 rings (SSSR count). The van der Waals surface area contributed by atoms with Gasteiger partial charge in [-0.3, -0.25) is 5.32 Å². The van der Waals surface area contributed by atoms with Gasteiger partial charge in [0.25, 0.3) is 0 Å². The van der Waals surface area contributed by atoms with Crippen molar-refractivity contribution in [3.8, 4) is 0 Å². The number of urea groups is 1. The van der Waals surface area contributed by atoms with Gasteiger partial charge in [0.05, 0.1) is 0 Å². The third-order valence-electron chi connectivity index (χ3n) is 4.50. The fourth-order valence-electron chi connectivity index (χ4n) is 3.64. The van der Waals surface area contributed by atoms with Gasteiger partial charge in [-0.15, -0.1) is 0 Å². The van der Waals surface area contributed by atoms with E-state index in [0.29, 0.717) is 17.7 Å². The molecule has 2 saturated carbocycles. The Morgan fingerprint density at radius 1 is 1.37 bits per heavy atom. The number of anilines is 1. The number of nitrogens with zero attached hydrogens (tertiary/aromatic N) is 1. The number of rotatable bonds is 3. The first kappa shape index (κ1) is 12.4. The van der Waals surface area contributed by atoms with Gasteiger partial charge in [0, 0.05) is 24.8 Å². The molecule has 2 aliphatic carbocycles. The van der Waals surface area contributed by atoms with Crippen LogP contribution in [0.15, 0.2) is 24.4 Å². The molecule has 2 fully saturated rings. The van der Waals surface area contributed by atoms with Gasteiger partial charge >= 0.3 is 6.03 Å². The highest BCUT2D eigenvalue weighted by Gasteiger charge is 2.47. The molecule has 2 bridgehead atoms. The van der Waals surface area contributed by atoms with Crippen LogP contribution in [0.2, 0.25) is 0 Å². The molecule has 1 aromatic heterocycles. The predicted octanol–water partition coefficient (Wildman–Crippen LogP) is 1.61. The van der Waals surface area contributed by atoms with Crippen LogP contribution in [-0.2, 0) is 0 Å². The molecule has 4 atom stereocenters. The van der Waals surface area contributed by atoms with Crippen LogP contribution in [0.1, 0.15) is 19.3 Å². The van der Waals surface area contributed by atoms with E-state index < -0.39 is 0 Å². The first-order chi connectivity index (χ1) is 9.28. The smallest absolute Gasteiger partial charge is 0.320 e. The standard InChI is InChI=1S/C14H19N3O2/c18-8-11-9-4-5-10(7-9)13(11)17-14(19)16-12-3-1-2-6-15-12/h1-3,6,9-11,13,18H,4-5,7-8H2,(H2,15,16,17,19)/t9-,10-,11+,13-/m0/s1. The quantitative estimate of drug-likeness (QED) is 0.774. The minimum absolute atomic E-state index is 0.104. The summed E-state index contributed by atoms with van der Waals surface area (Å²) in [7, 11) is 0. The molecule has 0 saturated heterocycles.